The van der Waals surface area contributed by atoms with Gasteiger partial charge in [-0.2, -0.15) is 0 Å². The predicted molar refractivity (Wildman–Crippen MR) is 140 cm³/mol. The molecule has 8 nitrogen and oxygen atoms in total. The molecule has 1 aliphatic rings. The molecule has 0 saturated heterocycles. The molecule has 1 aromatic heterocycles. The SMILES string of the molecule is COC(=O)COc1cccc(C=c2sc3n(c2=O)C(c2ccc(Cl)cc2)C(C(=O)OC(C)C)=C(C)N=3)c1. The lowest BCUT2D eigenvalue weighted by molar-refractivity contribution is -0.144. The number of allylic oxidation sites excluding steroid dienone is 1. The van der Waals surface area contributed by atoms with Crippen molar-refractivity contribution in [3.63, 3.8) is 0 Å². The van der Waals surface area contributed by atoms with Gasteiger partial charge in [0.05, 0.1) is 35.1 Å². The number of fused-ring (bicyclic) bond motifs is 1. The minimum atomic E-state index is -0.725. The fraction of sp³-hybridized carbons (Fsp3) is 0.259. The Hall–Kier alpha value is -3.69. The molecule has 1 unspecified atom stereocenters. The van der Waals surface area contributed by atoms with E-state index in [0.29, 0.717) is 42.5 Å². The van der Waals surface area contributed by atoms with Gasteiger partial charge in [-0.05, 0) is 62.2 Å². The second-order valence-corrected chi connectivity index (χ2v) is 9.97. The molecular formula is C27H25ClN2O6S. The van der Waals surface area contributed by atoms with Gasteiger partial charge in [-0.1, -0.05) is 47.2 Å². The maximum atomic E-state index is 13.7. The monoisotopic (exact) mass is 540 g/mol. The third-order valence-corrected chi connectivity index (χ3v) is 6.75. The Morgan fingerprint density at radius 2 is 1.92 bits per heavy atom. The first-order valence-corrected chi connectivity index (χ1v) is 12.7. The summed E-state index contributed by atoms with van der Waals surface area (Å²) >= 11 is 7.32. The zero-order chi connectivity index (χ0) is 26.7. The number of esters is 2. The van der Waals surface area contributed by atoms with E-state index in [1.807, 2.05) is 6.07 Å². The summed E-state index contributed by atoms with van der Waals surface area (Å²) in [5, 5.41) is 0.539. The number of ether oxygens (including phenoxy) is 3. The van der Waals surface area contributed by atoms with Gasteiger partial charge in [0, 0.05) is 5.02 Å². The molecule has 2 heterocycles. The zero-order valence-electron chi connectivity index (χ0n) is 20.7. The lowest BCUT2D eigenvalue weighted by atomic mass is 9.96. The number of hydrogen-bond donors (Lipinski definition) is 0. The molecule has 2 aromatic carbocycles. The van der Waals surface area contributed by atoms with Crippen LogP contribution < -0.4 is 19.6 Å². The number of nitrogens with zero attached hydrogens (tertiary/aromatic N) is 2. The van der Waals surface area contributed by atoms with Crippen LogP contribution in [0.1, 0.15) is 37.9 Å². The van der Waals surface area contributed by atoms with Crippen molar-refractivity contribution in [2.75, 3.05) is 13.7 Å². The molecule has 0 aliphatic carbocycles. The van der Waals surface area contributed by atoms with Crippen molar-refractivity contribution in [3.05, 3.63) is 95.6 Å². The van der Waals surface area contributed by atoms with Gasteiger partial charge < -0.3 is 14.2 Å². The van der Waals surface area contributed by atoms with Crippen LogP contribution in [0.4, 0.5) is 0 Å². The Bertz CT molecular complexity index is 1550. The van der Waals surface area contributed by atoms with E-state index in [4.69, 9.17) is 21.1 Å². The average molecular weight is 541 g/mol. The Morgan fingerprint density at radius 3 is 2.59 bits per heavy atom. The molecule has 1 atom stereocenters. The van der Waals surface area contributed by atoms with Crippen LogP contribution in [0.15, 0.2) is 69.6 Å². The maximum absolute atomic E-state index is 13.7. The van der Waals surface area contributed by atoms with Crippen molar-refractivity contribution in [1.29, 1.82) is 0 Å². The Balaban J connectivity index is 1.82. The van der Waals surface area contributed by atoms with E-state index >= 15 is 0 Å². The normalized spacial score (nSPS) is 15.3. The number of halogens is 1. The smallest absolute Gasteiger partial charge is 0.343 e. The largest absolute Gasteiger partial charge is 0.482 e. The van der Waals surface area contributed by atoms with Crippen LogP contribution >= 0.6 is 22.9 Å². The van der Waals surface area contributed by atoms with E-state index in [1.165, 1.54) is 23.0 Å². The molecule has 0 bridgehead atoms. The van der Waals surface area contributed by atoms with Crippen LogP contribution in [0.25, 0.3) is 6.08 Å². The van der Waals surface area contributed by atoms with Crippen molar-refractivity contribution in [2.45, 2.75) is 32.9 Å². The number of thiazole rings is 1. The first-order chi connectivity index (χ1) is 17.7. The number of methoxy groups -OCH3 is 1. The minimum Gasteiger partial charge on any atom is -0.482 e. The van der Waals surface area contributed by atoms with Gasteiger partial charge >= 0.3 is 11.9 Å². The Kier molecular flexibility index (Phi) is 7.94. The lowest BCUT2D eigenvalue weighted by Crippen LogP contribution is -2.40. The minimum absolute atomic E-state index is 0.224. The Morgan fingerprint density at radius 1 is 1.19 bits per heavy atom. The van der Waals surface area contributed by atoms with E-state index in [1.54, 1.807) is 69.3 Å². The number of carbonyl (C=O) groups excluding carboxylic acids is 2. The van der Waals surface area contributed by atoms with Gasteiger partial charge in [0.25, 0.3) is 5.56 Å². The van der Waals surface area contributed by atoms with E-state index in [9.17, 15) is 14.4 Å². The van der Waals surface area contributed by atoms with Crippen LogP contribution in [-0.2, 0) is 19.1 Å². The molecule has 0 fully saturated rings. The molecule has 37 heavy (non-hydrogen) atoms. The molecule has 0 amide bonds. The van der Waals surface area contributed by atoms with E-state index in [-0.39, 0.29) is 18.3 Å². The summed E-state index contributed by atoms with van der Waals surface area (Å²) in [5.74, 6) is -0.565. The highest BCUT2D eigenvalue weighted by atomic mass is 35.5. The van der Waals surface area contributed by atoms with Crippen molar-refractivity contribution in [1.82, 2.24) is 4.57 Å². The third-order valence-electron chi connectivity index (χ3n) is 5.51. The van der Waals surface area contributed by atoms with Gasteiger partial charge in [-0.15, -0.1) is 0 Å². The highest BCUT2D eigenvalue weighted by Gasteiger charge is 2.33. The van der Waals surface area contributed by atoms with Gasteiger partial charge in [-0.25, -0.2) is 14.6 Å². The summed E-state index contributed by atoms with van der Waals surface area (Å²) in [6, 6.07) is 13.3. The lowest BCUT2D eigenvalue weighted by Gasteiger charge is -2.25. The zero-order valence-corrected chi connectivity index (χ0v) is 22.3. The molecule has 4 rings (SSSR count). The summed E-state index contributed by atoms with van der Waals surface area (Å²) in [6.45, 7) is 5.05. The van der Waals surface area contributed by atoms with Crippen molar-refractivity contribution in [2.24, 2.45) is 4.99 Å². The summed E-state index contributed by atoms with van der Waals surface area (Å²) in [5.41, 5.74) is 1.89. The highest BCUT2D eigenvalue weighted by Crippen LogP contribution is 2.31. The Labute approximate surface area is 222 Å². The van der Waals surface area contributed by atoms with Crippen molar-refractivity contribution >= 4 is 41.0 Å². The fourth-order valence-electron chi connectivity index (χ4n) is 3.87. The number of carbonyl (C=O) groups is 2. The molecular weight excluding hydrogens is 516 g/mol. The van der Waals surface area contributed by atoms with Crippen LogP contribution in [-0.4, -0.2) is 36.3 Å². The molecule has 0 N–H and O–H groups in total. The van der Waals surface area contributed by atoms with Crippen molar-refractivity contribution in [3.8, 4) is 5.75 Å². The number of rotatable bonds is 7. The molecule has 0 saturated carbocycles. The van der Waals surface area contributed by atoms with Crippen LogP contribution in [0.5, 0.6) is 5.75 Å². The molecule has 1 aliphatic heterocycles. The van der Waals surface area contributed by atoms with Crippen molar-refractivity contribution < 1.29 is 23.8 Å². The van der Waals surface area contributed by atoms with E-state index in [0.717, 1.165) is 0 Å². The number of hydrogen-bond acceptors (Lipinski definition) is 8. The fourth-order valence-corrected chi connectivity index (χ4v) is 5.04. The summed E-state index contributed by atoms with van der Waals surface area (Å²) in [6.07, 6.45) is 1.39. The molecule has 0 spiro atoms. The second kappa shape index (κ2) is 11.1. The van der Waals surface area contributed by atoms with Crippen LogP contribution in [0, 0.1) is 0 Å². The average Bonchev–Trinajstić information content (AvgIpc) is 3.16. The number of benzene rings is 2. The predicted octanol–water partition coefficient (Wildman–Crippen LogP) is 3.39. The van der Waals surface area contributed by atoms with Crippen LogP contribution in [0.2, 0.25) is 5.02 Å². The second-order valence-electron chi connectivity index (χ2n) is 8.52. The van der Waals surface area contributed by atoms with Gasteiger partial charge in [0.2, 0.25) is 0 Å². The standard InChI is InChI=1S/C27H25ClN2O6S/c1-15(2)36-26(33)23-16(3)29-27-30(24(23)18-8-10-19(28)11-9-18)25(32)21(37-27)13-17-6-5-7-20(12-17)35-14-22(31)34-4/h5-13,15,24H,14H2,1-4H3. The quantitative estimate of drug-likeness (QED) is 0.426. The summed E-state index contributed by atoms with van der Waals surface area (Å²) in [4.78, 5) is 43.3. The summed E-state index contributed by atoms with van der Waals surface area (Å²) < 4.78 is 17.5. The molecule has 3 aromatic rings. The molecule has 10 heteroatoms. The topological polar surface area (TPSA) is 96.2 Å². The maximum Gasteiger partial charge on any atom is 0.343 e. The van der Waals surface area contributed by atoms with Crippen LogP contribution in [0.3, 0.4) is 0 Å². The van der Waals surface area contributed by atoms with Gasteiger partial charge in [-0.3, -0.25) is 9.36 Å². The molecule has 0 radical (unpaired) electrons. The molecule has 192 valence electrons. The number of aromatic nitrogens is 1. The summed E-state index contributed by atoms with van der Waals surface area (Å²) in [7, 11) is 1.29. The van der Waals surface area contributed by atoms with E-state index in [2.05, 4.69) is 9.73 Å². The first-order valence-electron chi connectivity index (χ1n) is 11.5. The van der Waals surface area contributed by atoms with E-state index < -0.39 is 18.0 Å². The van der Waals surface area contributed by atoms with Gasteiger partial charge in [0.1, 0.15) is 5.75 Å². The highest BCUT2D eigenvalue weighted by molar-refractivity contribution is 7.07. The third kappa shape index (κ3) is 5.84. The van der Waals surface area contributed by atoms with Gasteiger partial charge in [0.15, 0.2) is 11.4 Å². The first kappa shape index (κ1) is 26.4.